The Hall–Kier alpha value is -2.52. The molecule has 6 rings (SSSR count). The number of ether oxygens (including phenoxy) is 2. The fraction of sp³-hybridized carbons (Fsp3) is 0.700. The maximum absolute atomic E-state index is 13.5. The average Bonchev–Trinajstić information content (AvgIpc) is 3.65. The molecule has 0 aromatic rings. The molecule has 0 aromatic heterocycles. The summed E-state index contributed by atoms with van der Waals surface area (Å²) in [6.45, 7) is 17.4. The molecule has 4 aliphatic carbocycles. The molecule has 0 spiro atoms. The molecule has 4 saturated carbocycles. The molecule has 2 heterocycles. The van der Waals surface area contributed by atoms with Gasteiger partial charge in [0.25, 0.3) is 0 Å². The number of carbonyl (C=O) groups is 2. The van der Waals surface area contributed by atoms with E-state index in [0.29, 0.717) is 30.4 Å². The lowest BCUT2D eigenvalue weighted by Crippen LogP contribution is -2.57. The maximum Gasteiger partial charge on any atom is 0.338 e. The minimum atomic E-state index is -0.662. The number of cyclic esters (lactones) is 2. The van der Waals surface area contributed by atoms with Gasteiger partial charge in [-0.2, -0.15) is 0 Å². The summed E-state index contributed by atoms with van der Waals surface area (Å²) >= 11 is 0. The lowest BCUT2D eigenvalue weighted by molar-refractivity contribution is -0.156. The van der Waals surface area contributed by atoms with Gasteiger partial charge in [-0.05, 0) is 98.5 Å². The van der Waals surface area contributed by atoms with Crippen molar-refractivity contribution in [2.45, 2.75) is 104 Å². The predicted octanol–water partition coefficient (Wildman–Crippen LogP) is 5.37. The van der Waals surface area contributed by atoms with Gasteiger partial charge in [0.15, 0.2) is 0 Å². The third kappa shape index (κ3) is 5.41. The number of carbonyl (C=O) groups excluding carboxylic acids is 2. The minimum Gasteiger partial charge on any atom is -0.458 e. The number of aliphatic hydroxyl groups is 4. The van der Waals surface area contributed by atoms with Crippen LogP contribution in [0.1, 0.15) is 85.5 Å². The van der Waals surface area contributed by atoms with Crippen LogP contribution in [0.2, 0.25) is 0 Å². The molecule has 8 heteroatoms. The molecule has 0 aromatic carbocycles. The van der Waals surface area contributed by atoms with Crippen molar-refractivity contribution in [3.63, 3.8) is 0 Å². The van der Waals surface area contributed by atoms with Crippen LogP contribution in [-0.2, 0) is 19.1 Å². The number of hydrogen-bond acceptors (Lipinski definition) is 8. The fourth-order valence-corrected chi connectivity index (χ4v) is 11.5. The Labute approximate surface area is 285 Å². The predicted molar refractivity (Wildman–Crippen MR) is 182 cm³/mol. The maximum atomic E-state index is 13.5. The first-order valence-electron chi connectivity index (χ1n) is 18.1. The Kier molecular flexibility index (Phi) is 9.32. The molecule has 4 fully saturated rings. The Balaban J connectivity index is 1.30. The van der Waals surface area contributed by atoms with Gasteiger partial charge < -0.3 is 29.9 Å². The van der Waals surface area contributed by atoms with Crippen molar-refractivity contribution in [2.75, 3.05) is 19.8 Å². The molecule has 48 heavy (non-hydrogen) atoms. The summed E-state index contributed by atoms with van der Waals surface area (Å²) in [5.74, 6) is -1.13. The van der Waals surface area contributed by atoms with Gasteiger partial charge in [-0.15, -0.1) is 0 Å². The van der Waals surface area contributed by atoms with E-state index in [-0.39, 0.29) is 60.3 Å². The molecule has 0 amide bonds. The summed E-state index contributed by atoms with van der Waals surface area (Å²) < 4.78 is 11.4. The second-order valence-corrected chi connectivity index (χ2v) is 16.9. The third-order valence-electron chi connectivity index (χ3n) is 14.6. The zero-order valence-electron chi connectivity index (χ0n) is 29.2. The number of fused-ring (bicyclic) bond motifs is 2. The fourth-order valence-electron chi connectivity index (χ4n) is 11.5. The summed E-state index contributed by atoms with van der Waals surface area (Å²) in [7, 11) is 0. The molecular weight excluding hydrogens is 608 g/mol. The van der Waals surface area contributed by atoms with Gasteiger partial charge in [-0.25, -0.2) is 9.59 Å². The van der Waals surface area contributed by atoms with E-state index in [1.54, 1.807) is 6.08 Å². The Morgan fingerprint density at radius 2 is 1.46 bits per heavy atom. The summed E-state index contributed by atoms with van der Waals surface area (Å²) in [4.78, 5) is 26.5. The standard InChI is InChI=1S/C40H56O8/c1-23-7-11-31-37(3,16-13-33(43)39(31,5)21-41)28(23)10-9-25-19-30(48-35(25)45)27(26-15-18-47-36(26)46)20-29-24(2)8-12-32-38(29,4)17-14-34(44)40(32,6)22-42/h9-10,15,19,27-34,41-44H,1-2,7-8,11-14,16-18,20-22H2,3-6H3/b10-9+/t27?,28-,29-,30?,31+,32+,33-,34-,37+,38+,39+,40+/m0/s1. The van der Waals surface area contributed by atoms with Crippen LogP contribution in [0.3, 0.4) is 0 Å². The highest BCUT2D eigenvalue weighted by atomic mass is 16.6. The Bertz CT molecular complexity index is 1440. The van der Waals surface area contributed by atoms with Crippen LogP contribution in [0, 0.1) is 51.2 Å². The second-order valence-electron chi connectivity index (χ2n) is 16.9. The van der Waals surface area contributed by atoms with Crippen molar-refractivity contribution in [3.05, 3.63) is 59.8 Å². The van der Waals surface area contributed by atoms with E-state index in [1.165, 1.54) is 0 Å². The highest BCUT2D eigenvalue weighted by Crippen LogP contribution is 2.63. The van der Waals surface area contributed by atoms with Crippen molar-refractivity contribution < 1.29 is 39.5 Å². The molecule has 0 bridgehead atoms. The molecule has 0 radical (unpaired) electrons. The molecule has 2 aliphatic heterocycles. The number of rotatable bonds is 8. The van der Waals surface area contributed by atoms with Crippen LogP contribution in [-0.4, -0.2) is 70.5 Å². The molecule has 12 atom stereocenters. The normalized spacial score (nSPS) is 45.3. The zero-order valence-corrected chi connectivity index (χ0v) is 29.2. The van der Waals surface area contributed by atoms with E-state index >= 15 is 0 Å². The highest BCUT2D eigenvalue weighted by molar-refractivity contribution is 5.95. The Morgan fingerprint density at radius 1 is 0.875 bits per heavy atom. The number of hydrogen-bond donors (Lipinski definition) is 4. The van der Waals surface area contributed by atoms with Crippen molar-refractivity contribution in [2.24, 2.45) is 51.2 Å². The minimum absolute atomic E-state index is 0.00875. The quantitative estimate of drug-likeness (QED) is 0.201. The van der Waals surface area contributed by atoms with E-state index in [2.05, 4.69) is 33.1 Å². The van der Waals surface area contributed by atoms with Crippen LogP contribution >= 0.6 is 0 Å². The number of allylic oxidation sites excluding steroid dienone is 3. The first-order valence-corrected chi connectivity index (χ1v) is 18.1. The zero-order chi connectivity index (χ0) is 34.8. The molecule has 2 unspecified atom stereocenters. The van der Waals surface area contributed by atoms with Gasteiger partial charge in [0.2, 0.25) is 0 Å². The van der Waals surface area contributed by atoms with E-state index in [1.807, 2.05) is 26.0 Å². The first-order chi connectivity index (χ1) is 22.6. The van der Waals surface area contributed by atoms with E-state index in [9.17, 15) is 30.0 Å². The van der Waals surface area contributed by atoms with Crippen LogP contribution in [0.25, 0.3) is 0 Å². The molecule has 0 saturated heterocycles. The lowest BCUT2D eigenvalue weighted by atomic mass is 9.45. The average molecular weight is 665 g/mol. The third-order valence-corrected chi connectivity index (χ3v) is 14.6. The van der Waals surface area contributed by atoms with Crippen LogP contribution in [0.4, 0.5) is 0 Å². The van der Waals surface area contributed by atoms with Crippen molar-refractivity contribution in [1.82, 2.24) is 0 Å². The van der Waals surface area contributed by atoms with Gasteiger partial charge in [0, 0.05) is 28.2 Å². The van der Waals surface area contributed by atoms with Gasteiger partial charge in [0.05, 0.1) is 31.0 Å². The lowest BCUT2D eigenvalue weighted by Gasteiger charge is -2.60. The Morgan fingerprint density at radius 3 is 2.04 bits per heavy atom. The number of esters is 2. The molecule has 6 aliphatic rings. The molecule has 8 nitrogen and oxygen atoms in total. The van der Waals surface area contributed by atoms with Crippen molar-refractivity contribution >= 4 is 11.9 Å². The summed E-state index contributed by atoms with van der Waals surface area (Å²) in [5.41, 5.74) is 1.44. The molecular formula is C40H56O8. The van der Waals surface area contributed by atoms with Crippen molar-refractivity contribution in [1.29, 1.82) is 0 Å². The van der Waals surface area contributed by atoms with E-state index in [0.717, 1.165) is 49.7 Å². The summed E-state index contributed by atoms with van der Waals surface area (Å²) in [6, 6.07) is 0. The highest BCUT2D eigenvalue weighted by Gasteiger charge is 2.59. The van der Waals surface area contributed by atoms with Crippen molar-refractivity contribution in [3.8, 4) is 0 Å². The van der Waals surface area contributed by atoms with Gasteiger partial charge >= 0.3 is 11.9 Å². The van der Waals surface area contributed by atoms with E-state index < -0.39 is 41.0 Å². The molecule has 264 valence electrons. The first kappa shape index (κ1) is 35.3. The SMILES string of the molecule is C=C1CC[C@@H]2[C@](C)(CC[C@H](O)[C@]2(C)CO)[C@H]1/C=C/C1=CC(C(C[C@H]2C(=C)CC[C@@H]3[C@]2(C)CC[C@H](O)[C@]3(C)CO)C2=CCOC2=O)OC1=O. The van der Waals surface area contributed by atoms with Gasteiger partial charge in [-0.3, -0.25) is 0 Å². The van der Waals surface area contributed by atoms with Crippen LogP contribution in [0.5, 0.6) is 0 Å². The monoisotopic (exact) mass is 664 g/mol. The van der Waals surface area contributed by atoms with Gasteiger partial charge in [-0.1, -0.05) is 64.2 Å². The largest absolute Gasteiger partial charge is 0.458 e. The molecule has 4 N–H and O–H groups in total. The topological polar surface area (TPSA) is 134 Å². The number of aliphatic hydroxyl groups excluding tert-OH is 4. The van der Waals surface area contributed by atoms with Crippen LogP contribution in [0.15, 0.2) is 59.8 Å². The second kappa shape index (κ2) is 12.7. The smallest absolute Gasteiger partial charge is 0.338 e. The van der Waals surface area contributed by atoms with Gasteiger partial charge in [0.1, 0.15) is 12.7 Å². The van der Waals surface area contributed by atoms with Crippen LogP contribution < -0.4 is 0 Å². The van der Waals surface area contributed by atoms with E-state index in [4.69, 9.17) is 9.47 Å². The summed E-state index contributed by atoms with van der Waals surface area (Å²) in [6.07, 6.45) is 12.3. The summed E-state index contributed by atoms with van der Waals surface area (Å²) in [5, 5.41) is 42.7.